The van der Waals surface area contributed by atoms with E-state index in [9.17, 15) is 4.79 Å². The predicted molar refractivity (Wildman–Crippen MR) is 69.9 cm³/mol. The molecule has 4 nitrogen and oxygen atoms in total. The Morgan fingerprint density at radius 3 is 2.71 bits per heavy atom. The second-order valence-electron chi connectivity index (χ2n) is 4.65. The van der Waals surface area contributed by atoms with Gasteiger partial charge >= 0.3 is 0 Å². The van der Waals surface area contributed by atoms with E-state index in [-0.39, 0.29) is 11.9 Å². The quantitative estimate of drug-likeness (QED) is 0.820. The lowest BCUT2D eigenvalue weighted by Crippen LogP contribution is -2.39. The van der Waals surface area contributed by atoms with E-state index in [2.05, 4.69) is 29.5 Å². The van der Waals surface area contributed by atoms with Gasteiger partial charge in [0.05, 0.1) is 6.04 Å². The average molecular weight is 235 g/mol. The molecule has 0 saturated carbocycles. The molecule has 1 heterocycles. The number of anilines is 1. The van der Waals surface area contributed by atoms with Gasteiger partial charge in [-0.05, 0) is 38.4 Å². The first-order chi connectivity index (χ1) is 8.02. The molecule has 1 unspecified atom stereocenters. The molecular weight excluding hydrogens is 214 g/mol. The molecule has 0 aliphatic heterocycles. The van der Waals surface area contributed by atoms with Gasteiger partial charge in [-0.25, -0.2) is 0 Å². The summed E-state index contributed by atoms with van der Waals surface area (Å²) in [5.74, 6) is 0.490. The Bertz CT molecular complexity index is 377. The number of nitrogens with one attached hydrogen (secondary N) is 2. The van der Waals surface area contributed by atoms with Crippen LogP contribution in [0.5, 0.6) is 0 Å². The van der Waals surface area contributed by atoms with Gasteiger partial charge in [0.25, 0.3) is 0 Å². The summed E-state index contributed by atoms with van der Waals surface area (Å²) >= 11 is 0. The van der Waals surface area contributed by atoms with Crippen LogP contribution in [0.2, 0.25) is 0 Å². The minimum absolute atomic E-state index is 0.00630. The topological polar surface area (TPSA) is 54.0 Å². The van der Waals surface area contributed by atoms with Crippen molar-refractivity contribution in [3.8, 4) is 0 Å². The molecule has 0 aliphatic rings. The van der Waals surface area contributed by atoms with Crippen molar-refractivity contribution >= 4 is 11.6 Å². The van der Waals surface area contributed by atoms with Gasteiger partial charge in [0.2, 0.25) is 5.91 Å². The summed E-state index contributed by atoms with van der Waals surface area (Å²) < 4.78 is 0. The summed E-state index contributed by atoms with van der Waals surface area (Å²) in [7, 11) is 1.81. The lowest BCUT2D eigenvalue weighted by Gasteiger charge is -2.17. The van der Waals surface area contributed by atoms with E-state index >= 15 is 0 Å². The molecule has 0 aliphatic carbocycles. The summed E-state index contributed by atoms with van der Waals surface area (Å²) in [5.41, 5.74) is 1.69. The van der Waals surface area contributed by atoms with Crippen LogP contribution in [0.4, 0.5) is 5.69 Å². The van der Waals surface area contributed by atoms with Crippen LogP contribution in [0, 0.1) is 12.8 Å². The summed E-state index contributed by atoms with van der Waals surface area (Å²) in [6.07, 6.45) is 2.52. The van der Waals surface area contributed by atoms with E-state index in [1.54, 1.807) is 12.3 Å². The normalized spacial score (nSPS) is 12.5. The Morgan fingerprint density at radius 1 is 1.47 bits per heavy atom. The number of pyridine rings is 1. The molecule has 0 radical (unpaired) electrons. The van der Waals surface area contributed by atoms with E-state index in [0.29, 0.717) is 5.92 Å². The van der Waals surface area contributed by atoms with Crippen LogP contribution in [-0.2, 0) is 4.79 Å². The summed E-state index contributed by atoms with van der Waals surface area (Å²) in [6.45, 7) is 6.11. The summed E-state index contributed by atoms with van der Waals surface area (Å²) in [4.78, 5) is 16.1. The first-order valence-electron chi connectivity index (χ1n) is 5.93. The number of rotatable bonds is 5. The first-order valence-corrected chi connectivity index (χ1v) is 5.93. The molecule has 17 heavy (non-hydrogen) atoms. The van der Waals surface area contributed by atoms with Gasteiger partial charge in [-0.15, -0.1) is 0 Å². The van der Waals surface area contributed by atoms with Crippen molar-refractivity contribution in [1.29, 1.82) is 0 Å². The number of hydrogen-bond acceptors (Lipinski definition) is 3. The van der Waals surface area contributed by atoms with Gasteiger partial charge < -0.3 is 10.6 Å². The highest BCUT2D eigenvalue weighted by atomic mass is 16.2. The lowest BCUT2D eigenvalue weighted by atomic mass is 10.0. The fourth-order valence-corrected chi connectivity index (χ4v) is 1.68. The Labute approximate surface area is 103 Å². The number of aryl methyl sites for hydroxylation is 1. The monoisotopic (exact) mass is 235 g/mol. The fraction of sp³-hybridized carbons (Fsp3) is 0.538. The third-order valence-corrected chi connectivity index (χ3v) is 2.54. The maximum atomic E-state index is 12.0. The molecule has 0 aromatic carbocycles. The summed E-state index contributed by atoms with van der Waals surface area (Å²) in [6, 6.07) is 3.51. The van der Waals surface area contributed by atoms with E-state index in [1.807, 2.05) is 20.0 Å². The van der Waals surface area contributed by atoms with Crippen LogP contribution in [-0.4, -0.2) is 24.0 Å². The Balaban J connectivity index is 2.64. The molecule has 1 atom stereocenters. The molecule has 0 saturated heterocycles. The number of nitrogens with zero attached hydrogens (tertiary/aromatic N) is 1. The van der Waals surface area contributed by atoms with E-state index in [0.717, 1.165) is 17.8 Å². The number of hydrogen-bond donors (Lipinski definition) is 2. The summed E-state index contributed by atoms with van der Waals surface area (Å²) in [5, 5.41) is 5.94. The molecule has 1 rings (SSSR count). The third kappa shape index (κ3) is 4.53. The maximum Gasteiger partial charge on any atom is 0.241 e. The highest BCUT2D eigenvalue weighted by Crippen LogP contribution is 2.10. The van der Waals surface area contributed by atoms with E-state index in [1.165, 1.54) is 0 Å². The van der Waals surface area contributed by atoms with Gasteiger partial charge in [0.15, 0.2) is 0 Å². The molecule has 1 aromatic heterocycles. The van der Waals surface area contributed by atoms with Crippen LogP contribution >= 0.6 is 0 Å². The van der Waals surface area contributed by atoms with Gasteiger partial charge in [-0.3, -0.25) is 9.78 Å². The molecule has 2 N–H and O–H groups in total. The molecule has 0 bridgehead atoms. The van der Waals surface area contributed by atoms with Crippen molar-refractivity contribution in [3.05, 3.63) is 24.0 Å². The van der Waals surface area contributed by atoms with Crippen LogP contribution < -0.4 is 10.6 Å². The van der Waals surface area contributed by atoms with Crippen molar-refractivity contribution in [2.75, 3.05) is 12.4 Å². The van der Waals surface area contributed by atoms with Gasteiger partial charge in [-0.2, -0.15) is 0 Å². The van der Waals surface area contributed by atoms with Gasteiger partial charge in [0, 0.05) is 17.6 Å². The SMILES string of the molecule is CNC(CC(C)C)C(=O)Nc1ccnc(C)c1. The van der Waals surface area contributed by atoms with Crippen LogP contribution in [0.15, 0.2) is 18.3 Å². The Kier molecular flexibility index (Phi) is 5.10. The predicted octanol–water partition coefficient (Wildman–Crippen LogP) is 1.96. The van der Waals surface area contributed by atoms with Gasteiger partial charge in [0.1, 0.15) is 0 Å². The van der Waals surface area contributed by atoms with E-state index in [4.69, 9.17) is 0 Å². The van der Waals surface area contributed by atoms with Crippen molar-refractivity contribution in [1.82, 2.24) is 10.3 Å². The molecule has 1 amide bonds. The largest absolute Gasteiger partial charge is 0.325 e. The maximum absolute atomic E-state index is 12.0. The highest BCUT2D eigenvalue weighted by molar-refractivity contribution is 5.94. The van der Waals surface area contributed by atoms with Crippen molar-refractivity contribution in [3.63, 3.8) is 0 Å². The van der Waals surface area contributed by atoms with Crippen molar-refractivity contribution in [2.24, 2.45) is 5.92 Å². The molecule has 0 spiro atoms. The number of carbonyl (C=O) groups is 1. The first kappa shape index (κ1) is 13.6. The number of likely N-dealkylation sites (N-methyl/N-ethyl adjacent to an activating group) is 1. The third-order valence-electron chi connectivity index (χ3n) is 2.54. The number of aromatic nitrogens is 1. The lowest BCUT2D eigenvalue weighted by molar-refractivity contribution is -0.118. The Morgan fingerprint density at radius 2 is 2.18 bits per heavy atom. The zero-order valence-corrected chi connectivity index (χ0v) is 10.9. The van der Waals surface area contributed by atoms with Crippen molar-refractivity contribution < 1.29 is 4.79 Å². The second kappa shape index (κ2) is 6.35. The number of carbonyl (C=O) groups excluding carboxylic acids is 1. The fourth-order valence-electron chi connectivity index (χ4n) is 1.68. The number of amides is 1. The Hall–Kier alpha value is -1.42. The molecule has 0 fully saturated rings. The molecule has 4 heteroatoms. The van der Waals surface area contributed by atoms with Crippen LogP contribution in [0.25, 0.3) is 0 Å². The smallest absolute Gasteiger partial charge is 0.241 e. The molecule has 94 valence electrons. The second-order valence-corrected chi connectivity index (χ2v) is 4.65. The van der Waals surface area contributed by atoms with Crippen LogP contribution in [0.1, 0.15) is 26.0 Å². The van der Waals surface area contributed by atoms with Gasteiger partial charge in [-0.1, -0.05) is 13.8 Å². The van der Waals surface area contributed by atoms with Crippen LogP contribution in [0.3, 0.4) is 0 Å². The zero-order valence-electron chi connectivity index (χ0n) is 10.9. The highest BCUT2D eigenvalue weighted by Gasteiger charge is 2.17. The molecule has 1 aromatic rings. The minimum atomic E-state index is -0.150. The standard InChI is InChI=1S/C13H21N3O/c1-9(2)7-12(14-4)13(17)16-11-5-6-15-10(3)8-11/h5-6,8-9,12,14H,7H2,1-4H3,(H,15,16,17). The average Bonchev–Trinajstić information content (AvgIpc) is 2.25. The van der Waals surface area contributed by atoms with Crippen molar-refractivity contribution in [2.45, 2.75) is 33.2 Å². The molecular formula is C13H21N3O. The minimum Gasteiger partial charge on any atom is -0.325 e. The van der Waals surface area contributed by atoms with E-state index < -0.39 is 0 Å². The zero-order chi connectivity index (χ0) is 12.8.